The molecule has 0 heterocycles. The first-order chi connectivity index (χ1) is 8.39. The highest BCUT2D eigenvalue weighted by molar-refractivity contribution is 7.80. The van der Waals surface area contributed by atoms with Crippen LogP contribution in [-0.4, -0.2) is 38.2 Å². The van der Waals surface area contributed by atoms with Gasteiger partial charge in [0.2, 0.25) is 0 Å². The van der Waals surface area contributed by atoms with Crippen LogP contribution < -0.4 is 5.73 Å². The number of carbonyl (C=O) groups excluding carboxylic acids is 1. The third-order valence-electron chi connectivity index (χ3n) is 1.76. The van der Waals surface area contributed by atoms with Gasteiger partial charge in [-0.05, 0) is 33.6 Å². The average Bonchev–Trinajstić information content (AvgIpc) is 2.22. The van der Waals surface area contributed by atoms with Crippen molar-refractivity contribution in [2.45, 2.75) is 39.2 Å². The SMILES string of the molecule is C=C(C)C(=O)OCCCC(C)(C)N.COS(=O)(=O)O. The second-order valence-electron chi connectivity index (χ2n) is 4.60. The van der Waals surface area contributed by atoms with Gasteiger partial charge in [-0.1, -0.05) is 6.58 Å². The molecule has 0 saturated carbocycles. The summed E-state index contributed by atoms with van der Waals surface area (Å²) >= 11 is 0. The van der Waals surface area contributed by atoms with Crippen molar-refractivity contribution in [1.82, 2.24) is 0 Å². The molecule has 114 valence electrons. The van der Waals surface area contributed by atoms with E-state index in [4.69, 9.17) is 15.0 Å². The van der Waals surface area contributed by atoms with Gasteiger partial charge in [0.05, 0.1) is 13.7 Å². The Morgan fingerprint density at radius 3 is 2.11 bits per heavy atom. The zero-order chi connectivity index (χ0) is 15.7. The van der Waals surface area contributed by atoms with E-state index in [-0.39, 0.29) is 11.5 Å². The molecule has 0 saturated heterocycles. The molecule has 8 heteroatoms. The number of ether oxygens (including phenoxy) is 1. The molecule has 19 heavy (non-hydrogen) atoms. The normalized spacial score (nSPS) is 11.3. The summed E-state index contributed by atoms with van der Waals surface area (Å²) in [5.41, 5.74) is 6.01. The van der Waals surface area contributed by atoms with Crippen molar-refractivity contribution in [3.63, 3.8) is 0 Å². The van der Waals surface area contributed by atoms with Crippen molar-refractivity contribution in [2.75, 3.05) is 13.7 Å². The van der Waals surface area contributed by atoms with E-state index in [1.165, 1.54) is 0 Å². The lowest BCUT2D eigenvalue weighted by Crippen LogP contribution is -2.32. The maximum atomic E-state index is 10.9. The van der Waals surface area contributed by atoms with Crippen LogP contribution in [0.1, 0.15) is 33.6 Å². The average molecular weight is 297 g/mol. The Morgan fingerprint density at radius 1 is 1.42 bits per heavy atom. The minimum absolute atomic E-state index is 0.185. The predicted octanol–water partition coefficient (Wildman–Crippen LogP) is 1.06. The van der Waals surface area contributed by atoms with Crippen LogP contribution in [0.2, 0.25) is 0 Å². The van der Waals surface area contributed by atoms with Gasteiger partial charge in [0.15, 0.2) is 0 Å². The largest absolute Gasteiger partial charge is 0.462 e. The van der Waals surface area contributed by atoms with E-state index >= 15 is 0 Å². The molecule has 0 bridgehead atoms. The molecular weight excluding hydrogens is 274 g/mol. The monoisotopic (exact) mass is 297 g/mol. The number of hydrogen-bond acceptors (Lipinski definition) is 6. The summed E-state index contributed by atoms with van der Waals surface area (Å²) in [6, 6.07) is 0. The van der Waals surface area contributed by atoms with Gasteiger partial charge in [-0.2, -0.15) is 8.42 Å². The number of esters is 1. The van der Waals surface area contributed by atoms with E-state index in [0.717, 1.165) is 20.0 Å². The lowest BCUT2D eigenvalue weighted by atomic mass is 10.0. The van der Waals surface area contributed by atoms with Crippen LogP contribution in [-0.2, 0) is 24.1 Å². The maximum absolute atomic E-state index is 10.9. The number of nitrogens with two attached hydrogens (primary N) is 1. The van der Waals surface area contributed by atoms with E-state index in [1.807, 2.05) is 13.8 Å². The third kappa shape index (κ3) is 19.6. The van der Waals surface area contributed by atoms with Crippen LogP contribution in [0.15, 0.2) is 12.2 Å². The topological polar surface area (TPSA) is 116 Å². The summed E-state index contributed by atoms with van der Waals surface area (Å²) in [6.45, 7) is 9.44. The van der Waals surface area contributed by atoms with Crippen LogP contribution in [0, 0.1) is 0 Å². The van der Waals surface area contributed by atoms with E-state index in [0.29, 0.717) is 12.2 Å². The maximum Gasteiger partial charge on any atom is 0.397 e. The predicted molar refractivity (Wildman–Crippen MR) is 71.8 cm³/mol. The van der Waals surface area contributed by atoms with Crippen molar-refractivity contribution in [1.29, 1.82) is 0 Å². The number of hydrogen-bond donors (Lipinski definition) is 2. The molecule has 0 unspecified atom stereocenters. The van der Waals surface area contributed by atoms with E-state index in [9.17, 15) is 13.2 Å². The Kier molecular flexibility index (Phi) is 9.67. The summed E-state index contributed by atoms with van der Waals surface area (Å²) in [5.74, 6) is -0.324. The lowest BCUT2D eigenvalue weighted by Gasteiger charge is -2.17. The first-order valence-electron chi connectivity index (χ1n) is 5.53. The second-order valence-corrected chi connectivity index (χ2v) is 5.79. The van der Waals surface area contributed by atoms with E-state index < -0.39 is 10.4 Å². The minimum atomic E-state index is -4.16. The molecule has 7 nitrogen and oxygen atoms in total. The van der Waals surface area contributed by atoms with Crippen LogP contribution >= 0.6 is 0 Å². The number of carbonyl (C=O) groups is 1. The third-order valence-corrected chi connectivity index (χ3v) is 2.18. The van der Waals surface area contributed by atoms with Crippen molar-refractivity contribution in [2.24, 2.45) is 5.73 Å². The highest BCUT2D eigenvalue weighted by Crippen LogP contribution is 2.07. The van der Waals surface area contributed by atoms with Crippen molar-refractivity contribution >= 4 is 16.4 Å². The highest BCUT2D eigenvalue weighted by Gasteiger charge is 2.10. The van der Waals surface area contributed by atoms with Crippen molar-refractivity contribution in [3.05, 3.63) is 12.2 Å². The molecular formula is C11H23NO6S. The molecule has 0 aromatic rings. The Hall–Kier alpha value is -0.960. The fourth-order valence-corrected chi connectivity index (χ4v) is 0.816. The van der Waals surface area contributed by atoms with Crippen LogP contribution in [0.25, 0.3) is 0 Å². The molecule has 0 rings (SSSR count). The first kappa shape index (κ1) is 20.4. The van der Waals surface area contributed by atoms with Crippen LogP contribution in [0.4, 0.5) is 0 Å². The zero-order valence-electron chi connectivity index (χ0n) is 11.8. The summed E-state index contributed by atoms with van der Waals surface area (Å²) < 4.78 is 34.6. The van der Waals surface area contributed by atoms with E-state index in [1.54, 1.807) is 6.92 Å². The molecule has 0 radical (unpaired) electrons. The van der Waals surface area contributed by atoms with Gasteiger partial charge in [-0.15, -0.1) is 0 Å². The standard InChI is InChI=1S/C10H19NO2.CH4O4S/c1-8(2)9(12)13-7-5-6-10(3,4)11;1-5-6(2,3)4/h1,5-7,11H2,2-4H3;1H3,(H,2,3,4). The molecule has 0 atom stereocenters. The molecule has 0 aliphatic heterocycles. The highest BCUT2D eigenvalue weighted by atomic mass is 32.3. The molecule has 0 aliphatic rings. The zero-order valence-corrected chi connectivity index (χ0v) is 12.6. The smallest absolute Gasteiger partial charge is 0.397 e. The Labute approximate surface area is 114 Å². The molecule has 0 amide bonds. The van der Waals surface area contributed by atoms with Crippen molar-refractivity contribution in [3.8, 4) is 0 Å². The first-order valence-corrected chi connectivity index (χ1v) is 6.90. The fourth-order valence-electron chi connectivity index (χ4n) is 0.816. The molecule has 3 N–H and O–H groups in total. The Morgan fingerprint density at radius 2 is 1.84 bits per heavy atom. The summed E-state index contributed by atoms with van der Waals surface area (Å²) in [4.78, 5) is 10.9. The molecule has 0 fully saturated rings. The van der Waals surface area contributed by atoms with Gasteiger partial charge in [0.25, 0.3) is 0 Å². The van der Waals surface area contributed by atoms with Crippen molar-refractivity contribution < 1.29 is 26.7 Å². The van der Waals surface area contributed by atoms with Gasteiger partial charge in [-0.25, -0.2) is 4.79 Å². The second kappa shape index (κ2) is 9.03. The molecule has 0 aromatic carbocycles. The van der Waals surface area contributed by atoms with Crippen LogP contribution in [0.5, 0.6) is 0 Å². The van der Waals surface area contributed by atoms with Crippen LogP contribution in [0.3, 0.4) is 0 Å². The summed E-state index contributed by atoms with van der Waals surface area (Å²) in [6.07, 6.45) is 1.64. The molecule has 0 aromatic heterocycles. The Balaban J connectivity index is 0. The summed E-state index contributed by atoms with van der Waals surface area (Å²) in [7, 11) is -3.29. The Bertz CT molecular complexity index is 382. The van der Waals surface area contributed by atoms with Gasteiger partial charge in [-0.3, -0.25) is 8.74 Å². The quantitative estimate of drug-likeness (QED) is 0.326. The van der Waals surface area contributed by atoms with Gasteiger partial charge >= 0.3 is 16.4 Å². The lowest BCUT2D eigenvalue weighted by molar-refractivity contribution is -0.139. The van der Waals surface area contributed by atoms with Gasteiger partial charge in [0.1, 0.15) is 0 Å². The fraction of sp³-hybridized carbons (Fsp3) is 0.727. The molecule has 0 aliphatic carbocycles. The summed E-state index contributed by atoms with van der Waals surface area (Å²) in [5, 5.41) is 0. The molecule has 0 spiro atoms. The van der Waals surface area contributed by atoms with Gasteiger partial charge < -0.3 is 10.5 Å². The number of rotatable bonds is 6. The van der Waals surface area contributed by atoms with E-state index in [2.05, 4.69) is 10.8 Å². The minimum Gasteiger partial charge on any atom is -0.462 e. The van der Waals surface area contributed by atoms with Gasteiger partial charge in [0, 0.05) is 11.1 Å².